The van der Waals surface area contributed by atoms with Crippen LogP contribution in [-0.4, -0.2) is 37.9 Å². The van der Waals surface area contributed by atoms with Crippen LogP contribution >= 0.6 is 0 Å². The van der Waals surface area contributed by atoms with E-state index in [-0.39, 0.29) is 25.2 Å². The average Bonchev–Trinajstić information content (AvgIpc) is 3.38. The summed E-state index contributed by atoms with van der Waals surface area (Å²) in [5.41, 5.74) is 0. The van der Waals surface area contributed by atoms with Crippen molar-refractivity contribution in [1.29, 1.82) is 0 Å². The molecule has 0 saturated carbocycles. The molecule has 0 radical (unpaired) electrons. The third kappa shape index (κ3) is 59.6. The van der Waals surface area contributed by atoms with Crippen LogP contribution in [0.4, 0.5) is 0 Å². The number of hydrogen-bond donors (Lipinski definition) is 0. The first kappa shape index (κ1) is 69.1. The molecule has 1 atom stereocenters. The van der Waals surface area contributed by atoms with Gasteiger partial charge in [0.15, 0.2) is 6.10 Å². The fraction of sp³-hybridized carbons (Fsp3) is 0.761. The lowest BCUT2D eigenvalue weighted by molar-refractivity contribution is -0.163. The van der Waals surface area contributed by atoms with Crippen LogP contribution in [0, 0.1) is 0 Å². The predicted molar refractivity (Wildman–Crippen MR) is 316 cm³/mol. The van der Waals surface area contributed by atoms with Gasteiger partial charge in [-0.05, 0) is 96.3 Å². The van der Waals surface area contributed by atoms with Crippen LogP contribution in [0.3, 0.4) is 0 Å². The maximum absolute atomic E-state index is 12.9. The SMILES string of the molecule is CC/C=C\C/C=C\C/C=C\C/C=C\C/C=C\CCCCCC(=O)OCC(COCCCCCCCCCCCCCCCCCCCC)OC(=O)CCCCCCCCCCC/C=C\C/C=C\CCCCC. The van der Waals surface area contributed by atoms with Gasteiger partial charge in [0.25, 0.3) is 0 Å². The molecule has 1 unspecified atom stereocenters. The lowest BCUT2D eigenvalue weighted by Gasteiger charge is -2.18. The van der Waals surface area contributed by atoms with Gasteiger partial charge in [-0.3, -0.25) is 9.59 Å². The fourth-order valence-electron chi connectivity index (χ4n) is 8.80. The van der Waals surface area contributed by atoms with E-state index in [9.17, 15) is 9.59 Å². The van der Waals surface area contributed by atoms with E-state index in [4.69, 9.17) is 14.2 Å². The molecule has 0 rings (SSSR count). The normalized spacial score (nSPS) is 12.8. The molecule has 5 nitrogen and oxygen atoms in total. The van der Waals surface area contributed by atoms with E-state index in [1.165, 1.54) is 173 Å². The standard InChI is InChI=1S/C67H118O5/c1-4-7-10-13-16-19-22-25-28-31-34-36-39-42-45-48-51-54-57-60-66(68)71-64-65(63-70-62-59-56-53-50-47-44-41-38-33-30-27-24-21-18-15-12-9-6-3)72-67(69)61-58-55-52-49-46-43-40-37-35-32-29-26-23-20-17-14-11-8-5-2/h7,10,16-17,19-20,25-26,28-29,34,36,42,45,65H,4-6,8-9,11-15,18,21-24,27,30-33,35,37-41,43-44,46-64H2,1-3H3/b10-7-,19-16-,20-17-,28-25-,29-26-,36-34-,45-42-. The molecular formula is C67H118O5. The molecule has 0 fully saturated rings. The van der Waals surface area contributed by atoms with E-state index in [0.29, 0.717) is 19.4 Å². The molecule has 0 heterocycles. The molecule has 0 aromatic rings. The van der Waals surface area contributed by atoms with Crippen molar-refractivity contribution in [1.82, 2.24) is 0 Å². The number of rotatable bonds is 57. The number of carbonyl (C=O) groups excluding carboxylic acids is 2. The molecule has 0 aromatic heterocycles. The summed E-state index contributed by atoms with van der Waals surface area (Å²) in [4.78, 5) is 25.6. The quantitative estimate of drug-likeness (QED) is 0.0345. The second-order valence-electron chi connectivity index (χ2n) is 20.6. The lowest BCUT2D eigenvalue weighted by atomic mass is 10.0. The third-order valence-electron chi connectivity index (χ3n) is 13.4. The number of hydrogen-bond acceptors (Lipinski definition) is 5. The largest absolute Gasteiger partial charge is 0.462 e. The van der Waals surface area contributed by atoms with Crippen LogP contribution in [0.15, 0.2) is 85.1 Å². The van der Waals surface area contributed by atoms with Gasteiger partial charge in [-0.15, -0.1) is 0 Å². The minimum atomic E-state index is -0.556. The minimum absolute atomic E-state index is 0.0660. The Morgan fingerprint density at radius 1 is 0.319 bits per heavy atom. The van der Waals surface area contributed by atoms with Crippen molar-refractivity contribution < 1.29 is 23.8 Å². The van der Waals surface area contributed by atoms with E-state index in [2.05, 4.69) is 106 Å². The molecule has 5 heteroatoms. The Kier molecular flexibility index (Phi) is 59.8. The minimum Gasteiger partial charge on any atom is -0.462 e. The molecule has 0 aromatic carbocycles. The summed E-state index contributed by atoms with van der Waals surface area (Å²) >= 11 is 0. The molecule has 72 heavy (non-hydrogen) atoms. The van der Waals surface area contributed by atoms with Crippen molar-refractivity contribution >= 4 is 11.9 Å². The molecule has 0 aliphatic rings. The van der Waals surface area contributed by atoms with Gasteiger partial charge in [0.1, 0.15) is 6.61 Å². The maximum atomic E-state index is 12.9. The highest BCUT2D eigenvalue weighted by Crippen LogP contribution is 2.16. The Balaban J connectivity index is 4.33. The van der Waals surface area contributed by atoms with E-state index in [0.717, 1.165) is 96.3 Å². The van der Waals surface area contributed by atoms with Crippen molar-refractivity contribution in [3.05, 3.63) is 85.1 Å². The van der Waals surface area contributed by atoms with Crippen molar-refractivity contribution in [3.63, 3.8) is 0 Å². The van der Waals surface area contributed by atoms with Gasteiger partial charge in [0.05, 0.1) is 6.61 Å². The van der Waals surface area contributed by atoms with Crippen molar-refractivity contribution in [3.8, 4) is 0 Å². The number of esters is 2. The number of unbranched alkanes of at least 4 members (excludes halogenated alkanes) is 32. The second kappa shape index (κ2) is 62.4. The Hall–Kier alpha value is -2.92. The van der Waals surface area contributed by atoms with E-state index in [1.54, 1.807) is 0 Å². The first-order valence-corrected chi connectivity index (χ1v) is 31.1. The maximum Gasteiger partial charge on any atom is 0.306 e. The molecule has 0 saturated heterocycles. The fourth-order valence-corrected chi connectivity index (χ4v) is 8.80. The monoisotopic (exact) mass is 1000 g/mol. The van der Waals surface area contributed by atoms with Gasteiger partial charge in [0.2, 0.25) is 0 Å². The molecule has 0 N–H and O–H groups in total. The van der Waals surface area contributed by atoms with Crippen LogP contribution in [0.25, 0.3) is 0 Å². The van der Waals surface area contributed by atoms with Gasteiger partial charge < -0.3 is 14.2 Å². The van der Waals surface area contributed by atoms with Gasteiger partial charge in [-0.1, -0.05) is 279 Å². The van der Waals surface area contributed by atoms with E-state index in [1.807, 2.05) is 0 Å². The second-order valence-corrected chi connectivity index (χ2v) is 20.6. The smallest absolute Gasteiger partial charge is 0.306 e. The molecule has 0 aliphatic carbocycles. The summed E-state index contributed by atoms with van der Waals surface area (Å²) in [6.45, 7) is 7.70. The van der Waals surface area contributed by atoms with E-state index >= 15 is 0 Å². The van der Waals surface area contributed by atoms with Crippen LogP contribution in [0.2, 0.25) is 0 Å². The average molecular weight is 1000 g/mol. The van der Waals surface area contributed by atoms with Crippen LogP contribution < -0.4 is 0 Å². The molecule has 0 spiro atoms. The molecule has 0 amide bonds. The first-order chi connectivity index (χ1) is 35.6. The zero-order chi connectivity index (χ0) is 52.0. The summed E-state index contributed by atoms with van der Waals surface area (Å²) in [5, 5.41) is 0. The predicted octanol–water partition coefficient (Wildman–Crippen LogP) is 21.6. The molecule has 0 aliphatic heterocycles. The highest BCUT2D eigenvalue weighted by molar-refractivity contribution is 5.70. The Labute approximate surface area is 448 Å². The Bertz CT molecular complexity index is 1320. The molecular weight excluding hydrogens is 885 g/mol. The topological polar surface area (TPSA) is 61.8 Å². The zero-order valence-corrected chi connectivity index (χ0v) is 47.9. The highest BCUT2D eigenvalue weighted by Gasteiger charge is 2.17. The molecule has 416 valence electrons. The summed E-state index contributed by atoms with van der Waals surface area (Å²) in [7, 11) is 0. The summed E-state index contributed by atoms with van der Waals surface area (Å²) in [6, 6.07) is 0. The van der Waals surface area contributed by atoms with Gasteiger partial charge >= 0.3 is 11.9 Å². The highest BCUT2D eigenvalue weighted by atomic mass is 16.6. The number of allylic oxidation sites excluding steroid dienone is 14. The van der Waals surface area contributed by atoms with Gasteiger partial charge in [-0.25, -0.2) is 0 Å². The van der Waals surface area contributed by atoms with Gasteiger partial charge in [0, 0.05) is 19.4 Å². The van der Waals surface area contributed by atoms with Crippen molar-refractivity contribution in [2.24, 2.45) is 0 Å². The van der Waals surface area contributed by atoms with Crippen molar-refractivity contribution in [2.75, 3.05) is 19.8 Å². The lowest BCUT2D eigenvalue weighted by Crippen LogP contribution is -2.30. The van der Waals surface area contributed by atoms with Crippen LogP contribution in [0.5, 0.6) is 0 Å². The summed E-state index contributed by atoms with van der Waals surface area (Å²) in [6.07, 6.45) is 83.3. The Morgan fingerprint density at radius 2 is 0.625 bits per heavy atom. The Morgan fingerprint density at radius 3 is 1.04 bits per heavy atom. The summed E-state index contributed by atoms with van der Waals surface area (Å²) in [5.74, 6) is -0.428. The third-order valence-corrected chi connectivity index (χ3v) is 13.4. The number of ether oxygens (including phenoxy) is 3. The van der Waals surface area contributed by atoms with Crippen LogP contribution in [-0.2, 0) is 23.8 Å². The number of carbonyl (C=O) groups is 2. The van der Waals surface area contributed by atoms with E-state index < -0.39 is 6.10 Å². The zero-order valence-electron chi connectivity index (χ0n) is 47.9. The summed E-state index contributed by atoms with van der Waals surface area (Å²) < 4.78 is 17.5. The first-order valence-electron chi connectivity index (χ1n) is 31.1. The van der Waals surface area contributed by atoms with Crippen molar-refractivity contribution in [2.45, 2.75) is 309 Å². The van der Waals surface area contributed by atoms with Crippen LogP contribution in [0.1, 0.15) is 303 Å². The molecule has 0 bridgehead atoms. The van der Waals surface area contributed by atoms with Gasteiger partial charge in [-0.2, -0.15) is 0 Å².